The zero-order chi connectivity index (χ0) is 15.4. The molecule has 0 radical (unpaired) electrons. The van der Waals surface area contributed by atoms with Gasteiger partial charge in [0.2, 0.25) is 0 Å². The van der Waals surface area contributed by atoms with Crippen LogP contribution in [0.1, 0.15) is 22.8 Å². The summed E-state index contributed by atoms with van der Waals surface area (Å²) in [7, 11) is 0. The van der Waals surface area contributed by atoms with E-state index in [0.29, 0.717) is 5.56 Å². The topological polar surface area (TPSA) is 41.1 Å². The molecule has 3 nitrogen and oxygen atoms in total. The quantitative estimate of drug-likeness (QED) is 0.875. The Labute approximate surface area is 128 Å². The largest absolute Gasteiger partial charge is 0.385 e. The Bertz CT molecular complexity index is 673. The highest BCUT2D eigenvalue weighted by Gasteiger charge is 2.13. The van der Waals surface area contributed by atoms with Gasteiger partial charge in [0.05, 0.1) is 10.7 Å². The number of hydrogen-bond donors (Lipinski definition) is 2. The molecule has 0 fully saturated rings. The van der Waals surface area contributed by atoms with Gasteiger partial charge >= 0.3 is 0 Å². The first-order valence-corrected chi connectivity index (χ1v) is 7.00. The third-order valence-corrected chi connectivity index (χ3v) is 3.34. The van der Waals surface area contributed by atoms with E-state index in [9.17, 15) is 9.18 Å². The van der Waals surface area contributed by atoms with Crippen molar-refractivity contribution >= 4 is 28.9 Å². The summed E-state index contributed by atoms with van der Waals surface area (Å²) in [6.07, 6.45) is 0. The Hall–Kier alpha value is -2.07. The Morgan fingerprint density at radius 1 is 1.29 bits per heavy atom. The highest BCUT2D eigenvalue weighted by Crippen LogP contribution is 2.23. The fraction of sp³-hybridized carbons (Fsp3) is 0.188. The Morgan fingerprint density at radius 3 is 2.71 bits per heavy atom. The molecule has 0 unspecified atom stereocenters. The number of anilines is 2. The molecule has 0 aromatic heterocycles. The van der Waals surface area contributed by atoms with Gasteiger partial charge in [-0.15, -0.1) is 0 Å². The molecule has 0 aliphatic rings. The molecule has 0 bridgehead atoms. The van der Waals surface area contributed by atoms with Crippen molar-refractivity contribution in [1.82, 2.24) is 0 Å². The predicted octanol–water partition coefficient (Wildman–Crippen LogP) is 4.47. The fourth-order valence-corrected chi connectivity index (χ4v) is 2.20. The van der Waals surface area contributed by atoms with Gasteiger partial charge in [-0.3, -0.25) is 4.79 Å². The van der Waals surface area contributed by atoms with Crippen LogP contribution in [0.5, 0.6) is 0 Å². The van der Waals surface area contributed by atoms with E-state index in [-0.39, 0.29) is 16.6 Å². The van der Waals surface area contributed by atoms with E-state index >= 15 is 0 Å². The van der Waals surface area contributed by atoms with Gasteiger partial charge < -0.3 is 10.6 Å². The molecule has 0 spiro atoms. The Balaban J connectivity index is 2.22. The molecule has 0 atom stereocenters. The highest BCUT2D eigenvalue weighted by atomic mass is 35.5. The number of rotatable bonds is 4. The third kappa shape index (κ3) is 3.52. The molecule has 5 heteroatoms. The zero-order valence-corrected chi connectivity index (χ0v) is 12.6. The van der Waals surface area contributed by atoms with Crippen molar-refractivity contribution in [2.45, 2.75) is 13.8 Å². The van der Waals surface area contributed by atoms with Crippen LogP contribution in [-0.4, -0.2) is 12.5 Å². The molecular formula is C16H16ClFN2O. The lowest BCUT2D eigenvalue weighted by molar-refractivity contribution is 0.102. The zero-order valence-electron chi connectivity index (χ0n) is 11.8. The minimum Gasteiger partial charge on any atom is -0.385 e. The Kier molecular flexibility index (Phi) is 4.81. The molecule has 0 aliphatic heterocycles. The van der Waals surface area contributed by atoms with Gasteiger partial charge in [-0.25, -0.2) is 4.39 Å². The number of benzene rings is 2. The van der Waals surface area contributed by atoms with Crippen LogP contribution in [0.15, 0.2) is 36.4 Å². The van der Waals surface area contributed by atoms with Crippen molar-refractivity contribution in [1.29, 1.82) is 0 Å². The van der Waals surface area contributed by atoms with E-state index < -0.39 is 5.82 Å². The van der Waals surface area contributed by atoms with Crippen molar-refractivity contribution in [3.8, 4) is 0 Å². The second-order valence-electron chi connectivity index (χ2n) is 4.62. The van der Waals surface area contributed by atoms with Crippen LogP contribution in [0.25, 0.3) is 0 Å². The molecular weight excluding hydrogens is 291 g/mol. The van der Waals surface area contributed by atoms with Gasteiger partial charge in [-0.2, -0.15) is 0 Å². The number of aryl methyl sites for hydroxylation is 1. The molecule has 21 heavy (non-hydrogen) atoms. The maximum Gasteiger partial charge on any atom is 0.256 e. The van der Waals surface area contributed by atoms with Crippen molar-refractivity contribution in [2.24, 2.45) is 0 Å². The summed E-state index contributed by atoms with van der Waals surface area (Å²) in [6, 6.07) is 9.91. The lowest BCUT2D eigenvalue weighted by atomic mass is 10.1. The maximum atomic E-state index is 13.8. The van der Waals surface area contributed by atoms with Crippen LogP contribution in [0.3, 0.4) is 0 Å². The molecule has 1 amide bonds. The lowest BCUT2D eigenvalue weighted by Crippen LogP contribution is -2.14. The molecule has 0 aliphatic carbocycles. The van der Waals surface area contributed by atoms with Gasteiger partial charge in [0, 0.05) is 17.8 Å². The molecule has 0 saturated carbocycles. The van der Waals surface area contributed by atoms with Crippen LogP contribution in [0.4, 0.5) is 15.8 Å². The number of hydrogen-bond acceptors (Lipinski definition) is 2. The summed E-state index contributed by atoms with van der Waals surface area (Å²) < 4.78 is 13.8. The summed E-state index contributed by atoms with van der Waals surface area (Å²) in [5.74, 6) is -0.994. The molecule has 0 heterocycles. The number of carbonyl (C=O) groups excluding carboxylic acids is 1. The normalized spacial score (nSPS) is 10.3. The van der Waals surface area contributed by atoms with Crippen LogP contribution in [-0.2, 0) is 0 Å². The number of carbonyl (C=O) groups is 1. The second-order valence-corrected chi connectivity index (χ2v) is 5.02. The van der Waals surface area contributed by atoms with E-state index in [2.05, 4.69) is 10.6 Å². The van der Waals surface area contributed by atoms with E-state index in [1.165, 1.54) is 12.1 Å². The van der Waals surface area contributed by atoms with Crippen LogP contribution < -0.4 is 10.6 Å². The van der Waals surface area contributed by atoms with Crippen LogP contribution >= 0.6 is 11.6 Å². The summed E-state index contributed by atoms with van der Waals surface area (Å²) >= 11 is 5.70. The fourth-order valence-electron chi connectivity index (χ4n) is 2.02. The minimum absolute atomic E-state index is 0.0213. The van der Waals surface area contributed by atoms with Crippen molar-refractivity contribution < 1.29 is 9.18 Å². The Morgan fingerprint density at radius 2 is 2.05 bits per heavy atom. The first kappa shape index (κ1) is 15.3. The van der Waals surface area contributed by atoms with Crippen molar-refractivity contribution in [3.05, 3.63) is 58.4 Å². The van der Waals surface area contributed by atoms with Gasteiger partial charge in [-0.05, 0) is 49.7 Å². The first-order chi connectivity index (χ1) is 10.0. The summed E-state index contributed by atoms with van der Waals surface area (Å²) in [5.41, 5.74) is 2.33. The van der Waals surface area contributed by atoms with E-state index in [0.717, 1.165) is 17.8 Å². The monoisotopic (exact) mass is 306 g/mol. The number of nitrogens with one attached hydrogen (secondary N) is 2. The minimum atomic E-state index is -0.630. The van der Waals surface area contributed by atoms with Crippen LogP contribution in [0.2, 0.25) is 5.02 Å². The SMILES string of the molecule is CCNc1ccc(C(=O)Nc2cccc(Cl)c2F)c(C)c1. The third-order valence-electron chi connectivity index (χ3n) is 3.05. The van der Waals surface area contributed by atoms with Crippen molar-refractivity contribution in [3.63, 3.8) is 0 Å². The number of amides is 1. The molecule has 2 N–H and O–H groups in total. The molecule has 0 saturated heterocycles. The van der Waals surface area contributed by atoms with Crippen LogP contribution in [0, 0.1) is 12.7 Å². The van der Waals surface area contributed by atoms with Gasteiger partial charge in [0.1, 0.15) is 0 Å². The second kappa shape index (κ2) is 6.59. The summed E-state index contributed by atoms with van der Waals surface area (Å²) in [4.78, 5) is 12.2. The number of halogens is 2. The smallest absolute Gasteiger partial charge is 0.256 e. The maximum absolute atomic E-state index is 13.8. The van der Waals surface area contributed by atoms with E-state index in [1.807, 2.05) is 26.0 Å². The van der Waals surface area contributed by atoms with Gasteiger partial charge in [0.15, 0.2) is 5.82 Å². The van der Waals surface area contributed by atoms with Crippen molar-refractivity contribution in [2.75, 3.05) is 17.2 Å². The summed E-state index contributed by atoms with van der Waals surface area (Å²) in [6.45, 7) is 4.64. The predicted molar refractivity (Wildman–Crippen MR) is 84.7 cm³/mol. The van der Waals surface area contributed by atoms with Gasteiger partial charge in [-0.1, -0.05) is 17.7 Å². The average molecular weight is 307 g/mol. The van der Waals surface area contributed by atoms with E-state index in [1.54, 1.807) is 12.1 Å². The molecule has 110 valence electrons. The molecule has 2 rings (SSSR count). The summed E-state index contributed by atoms with van der Waals surface area (Å²) in [5, 5.41) is 5.69. The van der Waals surface area contributed by atoms with E-state index in [4.69, 9.17) is 11.6 Å². The lowest BCUT2D eigenvalue weighted by Gasteiger charge is -2.11. The molecule has 2 aromatic rings. The average Bonchev–Trinajstić information content (AvgIpc) is 2.44. The molecule has 2 aromatic carbocycles. The van der Waals surface area contributed by atoms with Gasteiger partial charge in [0.25, 0.3) is 5.91 Å². The first-order valence-electron chi connectivity index (χ1n) is 6.62. The standard InChI is InChI=1S/C16H16ClFN2O/c1-3-19-11-7-8-12(10(2)9-11)16(21)20-14-6-4-5-13(17)15(14)18/h4-9,19H,3H2,1-2H3,(H,20,21). The highest BCUT2D eigenvalue weighted by molar-refractivity contribution is 6.31.